The van der Waals surface area contributed by atoms with E-state index in [1.807, 2.05) is 29.6 Å². The third-order valence-corrected chi connectivity index (χ3v) is 8.22. The van der Waals surface area contributed by atoms with Crippen LogP contribution >= 0.6 is 67.9 Å². The van der Waals surface area contributed by atoms with Gasteiger partial charge >= 0.3 is 5.97 Å². The standard InChI is InChI=1S/C21H16I2N2O4S2/c1-3-29-20(28)16-10(2)24-21-25(17(16)14-5-4-6-30-14)19(27)15(31-21)9-11-7-12(22)18(26)13(23)8-11/h4-9,17,26H,3H2,1-2H3/b15-9+/t17-/m1/s1. The van der Waals surface area contributed by atoms with Gasteiger partial charge in [0.1, 0.15) is 11.8 Å². The van der Waals surface area contributed by atoms with Gasteiger partial charge < -0.3 is 9.84 Å². The number of nitrogens with zero attached hydrogens (tertiary/aromatic N) is 2. The molecule has 0 amide bonds. The number of halogens is 2. The second kappa shape index (κ2) is 9.16. The summed E-state index contributed by atoms with van der Waals surface area (Å²) >= 11 is 6.90. The Labute approximate surface area is 212 Å². The zero-order chi connectivity index (χ0) is 22.3. The molecule has 0 saturated carbocycles. The molecule has 0 saturated heterocycles. The Morgan fingerprint density at radius 2 is 2.06 bits per heavy atom. The Hall–Kier alpha value is -1.51. The van der Waals surface area contributed by atoms with E-state index in [0.29, 0.717) is 27.7 Å². The van der Waals surface area contributed by atoms with E-state index in [1.54, 1.807) is 24.5 Å². The van der Waals surface area contributed by atoms with E-state index in [2.05, 4.69) is 50.2 Å². The SMILES string of the molecule is CCOC(=O)C1=C(C)N=c2s/c(=C/c3cc(I)c(O)c(I)c3)c(=O)n2[C@@H]1c1cccs1. The summed E-state index contributed by atoms with van der Waals surface area (Å²) in [6.45, 7) is 3.77. The molecular weight excluding hydrogens is 662 g/mol. The highest BCUT2D eigenvalue weighted by Gasteiger charge is 2.33. The van der Waals surface area contributed by atoms with Crippen LogP contribution in [0.5, 0.6) is 5.75 Å². The predicted octanol–water partition coefficient (Wildman–Crippen LogP) is 3.77. The largest absolute Gasteiger partial charge is 0.506 e. The van der Waals surface area contributed by atoms with Crippen LogP contribution in [0.3, 0.4) is 0 Å². The van der Waals surface area contributed by atoms with Gasteiger partial charge in [-0.3, -0.25) is 9.36 Å². The van der Waals surface area contributed by atoms with Crippen LogP contribution < -0.4 is 14.9 Å². The van der Waals surface area contributed by atoms with Crippen LogP contribution in [0.1, 0.15) is 30.3 Å². The molecule has 1 aliphatic heterocycles. The number of carbonyl (C=O) groups is 1. The van der Waals surface area contributed by atoms with Crippen LogP contribution in [0.4, 0.5) is 0 Å². The van der Waals surface area contributed by atoms with E-state index < -0.39 is 12.0 Å². The van der Waals surface area contributed by atoms with Gasteiger partial charge in [-0.25, -0.2) is 9.79 Å². The minimum absolute atomic E-state index is 0.213. The molecule has 10 heteroatoms. The number of benzene rings is 1. The Morgan fingerprint density at radius 1 is 1.35 bits per heavy atom. The van der Waals surface area contributed by atoms with Gasteiger partial charge in [0.15, 0.2) is 4.80 Å². The van der Waals surface area contributed by atoms with E-state index >= 15 is 0 Å². The Kier molecular flexibility index (Phi) is 6.70. The first-order valence-corrected chi connectivity index (χ1v) is 13.1. The molecule has 1 aliphatic rings. The van der Waals surface area contributed by atoms with Crippen molar-refractivity contribution in [1.29, 1.82) is 0 Å². The molecular formula is C21H16I2N2O4S2. The number of hydrogen-bond donors (Lipinski definition) is 1. The molecule has 2 aromatic heterocycles. The average Bonchev–Trinajstić information content (AvgIpc) is 3.34. The summed E-state index contributed by atoms with van der Waals surface area (Å²) in [6.07, 6.45) is 1.79. The highest BCUT2D eigenvalue weighted by atomic mass is 127. The number of phenolic OH excluding ortho intramolecular Hbond substituents is 1. The highest BCUT2D eigenvalue weighted by molar-refractivity contribution is 14.1. The number of hydrogen-bond acceptors (Lipinski definition) is 7. The first-order valence-electron chi connectivity index (χ1n) is 9.23. The first-order chi connectivity index (χ1) is 14.8. The quantitative estimate of drug-likeness (QED) is 0.337. The fraction of sp³-hybridized carbons (Fsp3) is 0.190. The van der Waals surface area contributed by atoms with Crippen LogP contribution in [0, 0.1) is 7.14 Å². The average molecular weight is 678 g/mol. The second-order valence-corrected chi connectivity index (χ2v) is 11.0. The summed E-state index contributed by atoms with van der Waals surface area (Å²) in [5, 5.41) is 11.9. The molecule has 0 aliphatic carbocycles. The molecule has 0 fully saturated rings. The van der Waals surface area contributed by atoms with Crippen molar-refractivity contribution in [3.05, 3.63) is 78.2 Å². The first kappa shape index (κ1) is 22.7. The maximum atomic E-state index is 13.5. The van der Waals surface area contributed by atoms with Gasteiger partial charge in [-0.1, -0.05) is 17.4 Å². The normalized spacial score (nSPS) is 16.3. The predicted molar refractivity (Wildman–Crippen MR) is 138 cm³/mol. The molecule has 160 valence electrons. The number of esters is 1. The van der Waals surface area contributed by atoms with Crippen molar-refractivity contribution >= 4 is 79.9 Å². The summed E-state index contributed by atoms with van der Waals surface area (Å²) in [5.74, 6) is -0.230. The Balaban J connectivity index is 1.94. The van der Waals surface area contributed by atoms with Crippen molar-refractivity contribution < 1.29 is 14.6 Å². The molecule has 31 heavy (non-hydrogen) atoms. The third kappa shape index (κ3) is 4.26. The van der Waals surface area contributed by atoms with E-state index in [0.717, 1.165) is 10.4 Å². The Morgan fingerprint density at radius 3 is 2.68 bits per heavy atom. The van der Waals surface area contributed by atoms with E-state index in [9.17, 15) is 14.7 Å². The fourth-order valence-corrected chi connectivity index (χ4v) is 7.01. The lowest BCUT2D eigenvalue weighted by Gasteiger charge is -2.23. The van der Waals surface area contributed by atoms with Crippen molar-refractivity contribution in [3.8, 4) is 5.75 Å². The van der Waals surface area contributed by atoms with Gasteiger partial charge in [0, 0.05) is 4.88 Å². The van der Waals surface area contributed by atoms with Crippen LogP contribution in [0.25, 0.3) is 6.08 Å². The maximum absolute atomic E-state index is 13.5. The number of aromatic nitrogens is 1. The fourth-order valence-electron chi connectivity index (χ4n) is 3.33. The number of carbonyl (C=O) groups excluding carboxylic acids is 1. The van der Waals surface area contributed by atoms with Crippen molar-refractivity contribution in [3.63, 3.8) is 0 Å². The van der Waals surface area contributed by atoms with Crippen LogP contribution in [0.2, 0.25) is 0 Å². The molecule has 1 N–H and O–H groups in total. The molecule has 6 nitrogen and oxygen atoms in total. The topological polar surface area (TPSA) is 80.9 Å². The summed E-state index contributed by atoms with van der Waals surface area (Å²) in [4.78, 5) is 32.2. The van der Waals surface area contributed by atoms with Gasteiger partial charge in [-0.2, -0.15) is 0 Å². The summed E-state index contributed by atoms with van der Waals surface area (Å²) in [6, 6.07) is 6.88. The summed E-state index contributed by atoms with van der Waals surface area (Å²) in [7, 11) is 0. The van der Waals surface area contributed by atoms with Crippen molar-refractivity contribution in [1.82, 2.24) is 4.57 Å². The van der Waals surface area contributed by atoms with Gasteiger partial charge in [0.2, 0.25) is 0 Å². The number of phenols is 1. The minimum Gasteiger partial charge on any atom is -0.506 e. The molecule has 0 bridgehead atoms. The number of aromatic hydroxyl groups is 1. The lowest BCUT2D eigenvalue weighted by molar-refractivity contribution is -0.139. The smallest absolute Gasteiger partial charge is 0.338 e. The van der Waals surface area contributed by atoms with Gasteiger partial charge in [-0.05, 0) is 94.2 Å². The van der Waals surface area contributed by atoms with Crippen LogP contribution in [-0.2, 0) is 9.53 Å². The van der Waals surface area contributed by atoms with Gasteiger partial charge in [-0.15, -0.1) is 11.3 Å². The molecule has 3 heterocycles. The number of allylic oxidation sites excluding steroid dienone is 1. The van der Waals surface area contributed by atoms with E-state index in [-0.39, 0.29) is 17.9 Å². The molecule has 4 rings (SSSR count). The molecule has 0 spiro atoms. The summed E-state index contributed by atoms with van der Waals surface area (Å²) in [5.41, 5.74) is 1.54. The van der Waals surface area contributed by atoms with Crippen molar-refractivity contribution in [2.75, 3.05) is 6.61 Å². The zero-order valence-corrected chi connectivity index (χ0v) is 22.3. The molecule has 3 aromatic rings. The van der Waals surface area contributed by atoms with Crippen molar-refractivity contribution in [2.45, 2.75) is 19.9 Å². The van der Waals surface area contributed by atoms with E-state index in [1.165, 1.54) is 22.7 Å². The Bertz CT molecular complexity index is 1360. The second-order valence-electron chi connectivity index (χ2n) is 6.65. The van der Waals surface area contributed by atoms with Crippen LogP contribution in [-0.4, -0.2) is 22.2 Å². The lowest BCUT2D eigenvalue weighted by Crippen LogP contribution is -2.39. The van der Waals surface area contributed by atoms with E-state index in [4.69, 9.17) is 4.74 Å². The number of thiophene rings is 1. The number of rotatable bonds is 4. The maximum Gasteiger partial charge on any atom is 0.338 e. The number of ether oxygens (including phenoxy) is 1. The third-order valence-electron chi connectivity index (χ3n) is 4.67. The molecule has 0 radical (unpaired) electrons. The van der Waals surface area contributed by atoms with Gasteiger partial charge in [0.25, 0.3) is 5.56 Å². The zero-order valence-electron chi connectivity index (χ0n) is 16.4. The molecule has 0 unspecified atom stereocenters. The van der Waals surface area contributed by atoms with Crippen LogP contribution in [0.15, 0.2) is 50.7 Å². The highest BCUT2D eigenvalue weighted by Crippen LogP contribution is 2.33. The number of thiazole rings is 1. The van der Waals surface area contributed by atoms with Gasteiger partial charge in [0.05, 0.1) is 29.5 Å². The number of fused-ring (bicyclic) bond motifs is 1. The summed E-state index contributed by atoms with van der Waals surface area (Å²) < 4.78 is 8.79. The molecule has 1 atom stereocenters. The monoisotopic (exact) mass is 678 g/mol. The minimum atomic E-state index is -0.572. The lowest BCUT2D eigenvalue weighted by atomic mass is 10.0. The van der Waals surface area contributed by atoms with Crippen molar-refractivity contribution in [2.24, 2.45) is 4.99 Å². The molecule has 1 aromatic carbocycles.